The minimum absolute atomic E-state index is 0.597. The van der Waals surface area contributed by atoms with Gasteiger partial charge < -0.3 is 0 Å². The molecule has 0 amide bonds. The first-order valence-electron chi connectivity index (χ1n) is 6.46. The van der Waals surface area contributed by atoms with Gasteiger partial charge in [-0.25, -0.2) is 4.98 Å². The molecule has 100 valence electrons. The Balaban J connectivity index is 1.77. The van der Waals surface area contributed by atoms with Gasteiger partial charge in [-0.1, -0.05) is 18.2 Å². The van der Waals surface area contributed by atoms with E-state index < -0.39 is 0 Å². The first-order chi connectivity index (χ1) is 10.4. The smallest absolute Gasteiger partial charge is 0.181 e. The van der Waals surface area contributed by atoms with Crippen LogP contribution in [0.25, 0.3) is 33.8 Å². The Kier molecular flexibility index (Phi) is 2.64. The number of H-pyrrole nitrogens is 1. The van der Waals surface area contributed by atoms with E-state index >= 15 is 0 Å². The van der Waals surface area contributed by atoms with Crippen molar-refractivity contribution in [3.05, 3.63) is 54.9 Å². The van der Waals surface area contributed by atoms with E-state index in [0.29, 0.717) is 17.3 Å². The van der Waals surface area contributed by atoms with Crippen LogP contribution in [-0.2, 0) is 0 Å². The lowest BCUT2D eigenvalue weighted by molar-refractivity contribution is 1.04. The summed E-state index contributed by atoms with van der Waals surface area (Å²) in [6, 6.07) is 13.5. The molecule has 1 aromatic carbocycles. The van der Waals surface area contributed by atoms with Crippen LogP contribution in [0.1, 0.15) is 0 Å². The Bertz CT molecular complexity index is 900. The van der Waals surface area contributed by atoms with Crippen molar-refractivity contribution in [3.63, 3.8) is 0 Å². The fourth-order valence-electron chi connectivity index (χ4n) is 2.11. The Morgan fingerprint density at radius 2 is 1.76 bits per heavy atom. The molecular formula is C15H10N6. The third-order valence-electron chi connectivity index (χ3n) is 3.16. The Morgan fingerprint density at radius 1 is 0.905 bits per heavy atom. The maximum atomic E-state index is 4.46. The number of pyridine rings is 1. The molecule has 6 heteroatoms. The van der Waals surface area contributed by atoms with Gasteiger partial charge in [-0.3, -0.25) is 10.1 Å². The Hall–Kier alpha value is -3.15. The van der Waals surface area contributed by atoms with Gasteiger partial charge in [0.2, 0.25) is 0 Å². The summed E-state index contributed by atoms with van der Waals surface area (Å²) in [6.07, 6.45) is 3.42. The maximum Gasteiger partial charge on any atom is 0.181 e. The SMILES string of the molecule is c1ccc2nnc(-c3nc(-c4ccncc4)n[nH]3)cc2c1. The Labute approximate surface area is 119 Å². The van der Waals surface area contributed by atoms with Crippen molar-refractivity contribution < 1.29 is 0 Å². The highest BCUT2D eigenvalue weighted by Gasteiger charge is 2.09. The fraction of sp³-hybridized carbons (Fsp3) is 0. The second-order valence-electron chi connectivity index (χ2n) is 4.53. The molecule has 0 unspecified atom stereocenters. The number of benzene rings is 1. The third kappa shape index (κ3) is 2.12. The molecule has 0 aliphatic heterocycles. The topological polar surface area (TPSA) is 80.2 Å². The molecular weight excluding hydrogens is 264 g/mol. The fourth-order valence-corrected chi connectivity index (χ4v) is 2.11. The van der Waals surface area contributed by atoms with Crippen LogP contribution >= 0.6 is 0 Å². The zero-order valence-corrected chi connectivity index (χ0v) is 10.9. The first kappa shape index (κ1) is 11.7. The minimum Gasteiger partial charge on any atom is -0.265 e. The van der Waals surface area contributed by atoms with Gasteiger partial charge in [0.15, 0.2) is 11.6 Å². The summed E-state index contributed by atoms with van der Waals surface area (Å²) in [5.74, 6) is 1.21. The largest absolute Gasteiger partial charge is 0.265 e. The van der Waals surface area contributed by atoms with Crippen LogP contribution in [0.2, 0.25) is 0 Å². The zero-order chi connectivity index (χ0) is 14.1. The zero-order valence-electron chi connectivity index (χ0n) is 10.9. The second-order valence-corrected chi connectivity index (χ2v) is 4.53. The molecule has 4 aromatic rings. The lowest BCUT2D eigenvalue weighted by Gasteiger charge is -1.97. The van der Waals surface area contributed by atoms with Crippen molar-refractivity contribution in [1.29, 1.82) is 0 Å². The summed E-state index contributed by atoms with van der Waals surface area (Å²) >= 11 is 0. The van der Waals surface area contributed by atoms with Gasteiger partial charge in [0.05, 0.1) is 5.52 Å². The molecule has 3 aromatic heterocycles. The van der Waals surface area contributed by atoms with Crippen molar-refractivity contribution in [1.82, 2.24) is 30.4 Å². The number of aromatic nitrogens is 6. The molecule has 0 saturated carbocycles. The second kappa shape index (κ2) is 4.75. The lowest BCUT2D eigenvalue weighted by atomic mass is 10.2. The summed E-state index contributed by atoms with van der Waals surface area (Å²) in [5.41, 5.74) is 2.43. The summed E-state index contributed by atoms with van der Waals surface area (Å²) in [7, 11) is 0. The van der Waals surface area contributed by atoms with E-state index in [4.69, 9.17) is 0 Å². The number of nitrogens with one attached hydrogen (secondary N) is 1. The van der Waals surface area contributed by atoms with E-state index in [0.717, 1.165) is 16.5 Å². The highest BCUT2D eigenvalue weighted by molar-refractivity contribution is 5.80. The van der Waals surface area contributed by atoms with Gasteiger partial charge >= 0.3 is 0 Å². The summed E-state index contributed by atoms with van der Waals surface area (Å²) in [5, 5.41) is 16.5. The number of hydrogen-bond donors (Lipinski definition) is 1. The van der Waals surface area contributed by atoms with Crippen LogP contribution in [0.5, 0.6) is 0 Å². The summed E-state index contributed by atoms with van der Waals surface area (Å²) in [4.78, 5) is 8.44. The predicted molar refractivity (Wildman–Crippen MR) is 78.1 cm³/mol. The van der Waals surface area contributed by atoms with Gasteiger partial charge in [-0.2, -0.15) is 5.10 Å². The quantitative estimate of drug-likeness (QED) is 0.607. The van der Waals surface area contributed by atoms with Crippen molar-refractivity contribution in [2.75, 3.05) is 0 Å². The van der Waals surface area contributed by atoms with Gasteiger partial charge in [-0.15, -0.1) is 10.2 Å². The van der Waals surface area contributed by atoms with E-state index in [1.807, 2.05) is 42.5 Å². The van der Waals surface area contributed by atoms with Gasteiger partial charge in [0.1, 0.15) is 5.69 Å². The molecule has 0 saturated heterocycles. The number of hydrogen-bond acceptors (Lipinski definition) is 5. The van der Waals surface area contributed by atoms with Crippen LogP contribution in [-0.4, -0.2) is 30.4 Å². The van der Waals surface area contributed by atoms with Gasteiger partial charge in [-0.05, 0) is 24.3 Å². The molecule has 0 spiro atoms. The molecule has 0 atom stereocenters. The highest BCUT2D eigenvalue weighted by Crippen LogP contribution is 2.20. The molecule has 0 fully saturated rings. The van der Waals surface area contributed by atoms with Crippen LogP contribution in [0.3, 0.4) is 0 Å². The molecule has 0 aliphatic carbocycles. The number of fused-ring (bicyclic) bond motifs is 1. The number of rotatable bonds is 2. The van der Waals surface area contributed by atoms with E-state index in [9.17, 15) is 0 Å². The third-order valence-corrected chi connectivity index (χ3v) is 3.16. The molecule has 1 N–H and O–H groups in total. The molecule has 21 heavy (non-hydrogen) atoms. The maximum absolute atomic E-state index is 4.46. The molecule has 6 nitrogen and oxygen atoms in total. The van der Waals surface area contributed by atoms with Crippen molar-refractivity contribution in [2.24, 2.45) is 0 Å². The van der Waals surface area contributed by atoms with E-state index in [-0.39, 0.29) is 0 Å². The highest BCUT2D eigenvalue weighted by atomic mass is 15.2. The standard InChI is InChI=1S/C15H10N6/c1-2-4-12-11(3-1)9-13(19-18-12)15-17-14(20-21-15)10-5-7-16-8-6-10/h1-9H,(H,17,20,21). The molecule has 0 bridgehead atoms. The summed E-state index contributed by atoms with van der Waals surface area (Å²) in [6.45, 7) is 0. The summed E-state index contributed by atoms with van der Waals surface area (Å²) < 4.78 is 0. The van der Waals surface area contributed by atoms with E-state index in [1.54, 1.807) is 12.4 Å². The van der Waals surface area contributed by atoms with Crippen LogP contribution < -0.4 is 0 Å². The first-order valence-corrected chi connectivity index (χ1v) is 6.46. The molecule has 0 radical (unpaired) electrons. The molecule has 0 aliphatic rings. The minimum atomic E-state index is 0.597. The van der Waals surface area contributed by atoms with Gasteiger partial charge in [0.25, 0.3) is 0 Å². The van der Waals surface area contributed by atoms with E-state index in [1.165, 1.54) is 0 Å². The number of nitrogens with zero attached hydrogens (tertiary/aromatic N) is 5. The average molecular weight is 274 g/mol. The van der Waals surface area contributed by atoms with Crippen LogP contribution in [0.15, 0.2) is 54.9 Å². The van der Waals surface area contributed by atoms with Crippen LogP contribution in [0, 0.1) is 0 Å². The van der Waals surface area contributed by atoms with E-state index in [2.05, 4.69) is 30.4 Å². The van der Waals surface area contributed by atoms with Crippen LogP contribution in [0.4, 0.5) is 0 Å². The van der Waals surface area contributed by atoms with Gasteiger partial charge in [0, 0.05) is 23.3 Å². The lowest BCUT2D eigenvalue weighted by Crippen LogP contribution is -1.90. The molecule has 3 heterocycles. The van der Waals surface area contributed by atoms with Crippen molar-refractivity contribution >= 4 is 10.9 Å². The average Bonchev–Trinajstić information content (AvgIpc) is 3.05. The predicted octanol–water partition coefficient (Wildman–Crippen LogP) is 2.48. The molecule has 4 rings (SSSR count). The Morgan fingerprint density at radius 3 is 2.67 bits per heavy atom. The normalized spacial score (nSPS) is 10.9. The van der Waals surface area contributed by atoms with Crippen molar-refractivity contribution in [2.45, 2.75) is 0 Å². The van der Waals surface area contributed by atoms with Crippen molar-refractivity contribution in [3.8, 4) is 22.9 Å². The monoisotopic (exact) mass is 274 g/mol. The number of aromatic amines is 1.